The van der Waals surface area contributed by atoms with Crippen molar-refractivity contribution in [1.29, 1.82) is 0 Å². The third-order valence-electron chi connectivity index (χ3n) is 5.81. The van der Waals surface area contributed by atoms with Gasteiger partial charge in [0.1, 0.15) is 12.4 Å². The molecule has 0 saturated heterocycles. The van der Waals surface area contributed by atoms with Crippen LogP contribution in [-0.4, -0.2) is 22.8 Å². The molecule has 0 radical (unpaired) electrons. The zero-order valence-electron chi connectivity index (χ0n) is 17.1. The number of rotatable bonds is 4. The first-order valence-corrected chi connectivity index (χ1v) is 10.4. The van der Waals surface area contributed by atoms with Crippen LogP contribution in [0.15, 0.2) is 53.7 Å². The number of hydrogen-bond donors (Lipinski definition) is 1. The summed E-state index contributed by atoms with van der Waals surface area (Å²) < 4.78 is 6.00. The van der Waals surface area contributed by atoms with E-state index in [-0.39, 0.29) is 11.8 Å². The SMILES string of the molecule is Cc1ccc(C)c(COc2ccc(C3NC(=S)N(C)C4=C3C(=O)CCC4)cc2)c1. The maximum Gasteiger partial charge on any atom is 0.173 e. The van der Waals surface area contributed by atoms with Crippen LogP contribution in [0.2, 0.25) is 0 Å². The molecule has 1 heterocycles. The van der Waals surface area contributed by atoms with E-state index in [9.17, 15) is 4.79 Å². The molecule has 2 aromatic rings. The Morgan fingerprint density at radius 1 is 1.14 bits per heavy atom. The van der Waals surface area contributed by atoms with Crippen molar-refractivity contribution in [2.45, 2.75) is 45.8 Å². The lowest BCUT2D eigenvalue weighted by Gasteiger charge is -2.39. The summed E-state index contributed by atoms with van der Waals surface area (Å²) in [5.74, 6) is 1.03. The van der Waals surface area contributed by atoms with E-state index < -0.39 is 0 Å². The van der Waals surface area contributed by atoms with Gasteiger partial charge in [-0.1, -0.05) is 35.9 Å². The van der Waals surface area contributed by atoms with Gasteiger partial charge in [-0.2, -0.15) is 0 Å². The molecule has 0 saturated carbocycles. The molecule has 1 atom stereocenters. The van der Waals surface area contributed by atoms with E-state index in [1.165, 1.54) is 16.7 Å². The lowest BCUT2D eigenvalue weighted by molar-refractivity contribution is -0.116. The average Bonchev–Trinajstić information content (AvgIpc) is 2.72. The van der Waals surface area contributed by atoms with E-state index in [0.29, 0.717) is 18.1 Å². The summed E-state index contributed by atoms with van der Waals surface area (Å²) in [6.45, 7) is 4.73. The molecule has 1 aliphatic heterocycles. The summed E-state index contributed by atoms with van der Waals surface area (Å²) in [5, 5.41) is 4.01. The Bertz CT molecular complexity index is 994. The van der Waals surface area contributed by atoms with Crippen molar-refractivity contribution in [3.05, 3.63) is 76.0 Å². The topological polar surface area (TPSA) is 41.6 Å². The van der Waals surface area contributed by atoms with Gasteiger partial charge in [0.05, 0.1) is 6.04 Å². The van der Waals surface area contributed by atoms with Crippen LogP contribution in [0.25, 0.3) is 0 Å². The fourth-order valence-corrected chi connectivity index (χ4v) is 4.29. The van der Waals surface area contributed by atoms with E-state index in [1.807, 2.05) is 36.2 Å². The van der Waals surface area contributed by atoms with Crippen LogP contribution >= 0.6 is 12.2 Å². The summed E-state index contributed by atoms with van der Waals surface area (Å²) in [4.78, 5) is 14.6. The molecule has 150 valence electrons. The van der Waals surface area contributed by atoms with Gasteiger partial charge in [-0.25, -0.2) is 0 Å². The van der Waals surface area contributed by atoms with Gasteiger partial charge in [0, 0.05) is 24.7 Å². The smallest absolute Gasteiger partial charge is 0.173 e. The predicted octanol–water partition coefficient (Wildman–Crippen LogP) is 4.75. The van der Waals surface area contributed by atoms with Gasteiger partial charge >= 0.3 is 0 Å². The molecule has 1 N–H and O–H groups in total. The number of thiocarbonyl (C=S) groups is 1. The van der Waals surface area contributed by atoms with E-state index in [1.54, 1.807) is 0 Å². The van der Waals surface area contributed by atoms with Crippen LogP contribution in [0, 0.1) is 13.8 Å². The number of nitrogens with zero attached hydrogens (tertiary/aromatic N) is 1. The lowest BCUT2D eigenvalue weighted by atomic mass is 9.85. The van der Waals surface area contributed by atoms with Crippen molar-refractivity contribution in [3.8, 4) is 5.75 Å². The summed E-state index contributed by atoms with van der Waals surface area (Å²) in [6.07, 6.45) is 2.39. The highest BCUT2D eigenvalue weighted by atomic mass is 32.1. The molecule has 1 unspecified atom stereocenters. The molecule has 0 spiro atoms. The fourth-order valence-electron chi connectivity index (χ4n) is 4.06. The summed E-state index contributed by atoms with van der Waals surface area (Å²) in [5.41, 5.74) is 6.60. The fraction of sp³-hybridized carbons (Fsp3) is 0.333. The molecule has 5 heteroatoms. The minimum absolute atomic E-state index is 0.186. The maximum absolute atomic E-state index is 12.7. The molecular formula is C24H26N2O2S. The van der Waals surface area contributed by atoms with Crippen molar-refractivity contribution in [3.63, 3.8) is 0 Å². The number of nitrogens with one attached hydrogen (secondary N) is 1. The van der Waals surface area contributed by atoms with Gasteiger partial charge in [-0.05, 0) is 67.7 Å². The van der Waals surface area contributed by atoms with Gasteiger partial charge < -0.3 is 15.0 Å². The number of Topliss-reactive ketones (excluding diaryl/α,β-unsaturated/α-hetero) is 1. The van der Waals surface area contributed by atoms with Crippen molar-refractivity contribution in [2.24, 2.45) is 0 Å². The number of allylic oxidation sites excluding steroid dienone is 1. The minimum Gasteiger partial charge on any atom is -0.489 e. The van der Waals surface area contributed by atoms with Crippen LogP contribution < -0.4 is 10.1 Å². The molecule has 0 bridgehead atoms. The molecule has 0 amide bonds. The molecule has 4 rings (SSSR count). The molecule has 0 fully saturated rings. The van der Waals surface area contributed by atoms with Crippen molar-refractivity contribution in [2.75, 3.05) is 7.05 Å². The molecule has 29 heavy (non-hydrogen) atoms. The summed E-state index contributed by atoms with van der Waals surface area (Å²) in [7, 11) is 1.93. The number of hydrogen-bond acceptors (Lipinski definition) is 3. The second kappa shape index (κ2) is 7.99. The molecular weight excluding hydrogens is 380 g/mol. The van der Waals surface area contributed by atoms with Crippen LogP contribution in [0.4, 0.5) is 0 Å². The molecule has 4 nitrogen and oxygen atoms in total. The lowest BCUT2D eigenvalue weighted by Crippen LogP contribution is -2.47. The van der Waals surface area contributed by atoms with Gasteiger partial charge in [0.25, 0.3) is 0 Å². The molecule has 2 aliphatic rings. The first-order valence-electron chi connectivity index (χ1n) is 10.0. The standard InChI is InChI=1S/C24H26N2O2S/c1-15-7-8-16(2)18(13-15)14-28-19-11-9-17(10-12-19)23-22-20(5-4-6-21(22)27)26(3)24(29)25-23/h7-13,23H,4-6,14H2,1-3H3,(H,25,29). The highest BCUT2D eigenvalue weighted by Gasteiger charge is 2.35. The Labute approximate surface area is 177 Å². The monoisotopic (exact) mass is 406 g/mol. The van der Waals surface area contributed by atoms with Crippen LogP contribution in [0.5, 0.6) is 5.75 Å². The van der Waals surface area contributed by atoms with E-state index in [2.05, 4.69) is 37.4 Å². The zero-order valence-corrected chi connectivity index (χ0v) is 17.9. The van der Waals surface area contributed by atoms with E-state index >= 15 is 0 Å². The first kappa shape index (κ1) is 19.6. The number of ether oxygens (including phenoxy) is 1. The Kier molecular flexibility index (Phi) is 5.41. The quantitative estimate of drug-likeness (QED) is 0.742. The minimum atomic E-state index is -0.186. The number of carbonyl (C=O) groups is 1. The third-order valence-corrected chi connectivity index (χ3v) is 6.20. The highest BCUT2D eigenvalue weighted by molar-refractivity contribution is 7.80. The van der Waals surface area contributed by atoms with Crippen LogP contribution in [-0.2, 0) is 11.4 Å². The van der Waals surface area contributed by atoms with E-state index in [0.717, 1.165) is 35.4 Å². The Hall–Kier alpha value is -2.66. The number of ketones is 1. The van der Waals surface area contributed by atoms with E-state index in [4.69, 9.17) is 17.0 Å². The third kappa shape index (κ3) is 3.92. The maximum atomic E-state index is 12.7. The Morgan fingerprint density at radius 2 is 1.90 bits per heavy atom. The van der Waals surface area contributed by atoms with Gasteiger partial charge in [-0.15, -0.1) is 0 Å². The predicted molar refractivity (Wildman–Crippen MR) is 119 cm³/mol. The van der Waals surface area contributed by atoms with Gasteiger partial charge in [-0.3, -0.25) is 4.79 Å². The van der Waals surface area contributed by atoms with Crippen molar-refractivity contribution >= 4 is 23.1 Å². The first-order chi connectivity index (χ1) is 13.9. The molecule has 0 aromatic heterocycles. The number of benzene rings is 2. The van der Waals surface area contributed by atoms with Gasteiger partial charge in [0.2, 0.25) is 0 Å². The largest absolute Gasteiger partial charge is 0.489 e. The number of aryl methyl sites for hydroxylation is 2. The summed E-state index contributed by atoms with van der Waals surface area (Å²) >= 11 is 5.50. The van der Waals surface area contributed by atoms with Crippen LogP contribution in [0.3, 0.4) is 0 Å². The second-order valence-corrected chi connectivity index (χ2v) is 8.25. The molecule has 2 aromatic carbocycles. The van der Waals surface area contributed by atoms with Crippen molar-refractivity contribution < 1.29 is 9.53 Å². The summed E-state index contributed by atoms with van der Waals surface area (Å²) in [6, 6.07) is 14.2. The second-order valence-electron chi connectivity index (χ2n) is 7.87. The number of carbonyl (C=O) groups excluding carboxylic acids is 1. The van der Waals surface area contributed by atoms with Gasteiger partial charge in [0.15, 0.2) is 10.9 Å². The zero-order chi connectivity index (χ0) is 20.5. The van der Waals surface area contributed by atoms with Crippen LogP contribution in [0.1, 0.15) is 47.6 Å². The molecule has 1 aliphatic carbocycles. The van der Waals surface area contributed by atoms with Crippen molar-refractivity contribution in [1.82, 2.24) is 10.2 Å². The highest BCUT2D eigenvalue weighted by Crippen LogP contribution is 2.37. The normalized spacial score (nSPS) is 19.1. The Morgan fingerprint density at radius 3 is 2.66 bits per heavy atom. The average molecular weight is 407 g/mol. The Balaban J connectivity index is 1.54.